The minimum absolute atomic E-state index is 0.891. The van der Waals surface area contributed by atoms with Gasteiger partial charge in [0.25, 0.3) is 0 Å². The lowest BCUT2D eigenvalue weighted by molar-refractivity contribution is 0.627. The summed E-state index contributed by atoms with van der Waals surface area (Å²) in [5, 5.41) is 0. The quantitative estimate of drug-likeness (QED) is 0.592. The number of rotatable bonds is 0. The predicted molar refractivity (Wildman–Crippen MR) is 49.6 cm³/mol. The first-order chi connectivity index (χ1) is 5.79. The van der Waals surface area contributed by atoms with Crippen LogP contribution in [0, 0.1) is 0 Å². The Kier molecular flexibility index (Phi) is 1.73. The van der Waals surface area contributed by atoms with Gasteiger partial charge < -0.3 is 0 Å². The number of hydrogen-bond acceptors (Lipinski definition) is 1. The second-order valence-electron chi connectivity index (χ2n) is 2.65. The van der Waals surface area contributed by atoms with Crippen LogP contribution in [0.5, 0.6) is 0 Å². The Morgan fingerprint density at radius 3 is 2.92 bits per heavy atom. The summed E-state index contributed by atoms with van der Waals surface area (Å²) in [5.41, 5.74) is 1.05. The van der Waals surface area contributed by atoms with Gasteiger partial charge >= 0.3 is 0 Å². The van der Waals surface area contributed by atoms with E-state index in [4.69, 9.17) is 0 Å². The smallest absolute Gasteiger partial charge is 0.152 e. The summed E-state index contributed by atoms with van der Waals surface area (Å²) in [5.74, 6) is 0. The Labute approximate surface area is 74.1 Å². The van der Waals surface area contributed by atoms with E-state index in [1.54, 1.807) is 4.31 Å². The predicted octanol–water partition coefficient (Wildman–Crippen LogP) is 1.63. The fourth-order valence-corrected chi connectivity index (χ4v) is 2.19. The van der Waals surface area contributed by atoms with Crippen LogP contribution in [0.15, 0.2) is 35.4 Å². The molecule has 0 aliphatic carbocycles. The zero-order valence-electron chi connectivity index (χ0n) is 6.73. The van der Waals surface area contributed by atoms with Gasteiger partial charge in [-0.15, -0.1) is 0 Å². The van der Waals surface area contributed by atoms with Gasteiger partial charge in [0.1, 0.15) is 0 Å². The third kappa shape index (κ3) is 1.06. The molecule has 0 N–H and O–H groups in total. The van der Waals surface area contributed by atoms with Crippen molar-refractivity contribution in [1.82, 2.24) is 4.31 Å². The fourth-order valence-electron chi connectivity index (χ4n) is 1.17. The van der Waals surface area contributed by atoms with Gasteiger partial charge in [-0.3, -0.25) is 4.31 Å². The van der Waals surface area contributed by atoms with E-state index in [2.05, 4.69) is 0 Å². The van der Waals surface area contributed by atoms with Crippen LogP contribution in [-0.4, -0.2) is 15.6 Å². The molecule has 1 atom stereocenters. The summed E-state index contributed by atoms with van der Waals surface area (Å²) >= 11 is 0. The molecule has 0 saturated carbocycles. The Hall–Kier alpha value is -1.09. The summed E-state index contributed by atoms with van der Waals surface area (Å²) in [7, 11) is 0.795. The first kappa shape index (κ1) is 7.55. The first-order valence-corrected chi connectivity index (χ1v) is 4.81. The molecule has 1 aliphatic rings. The highest BCUT2D eigenvalue weighted by molar-refractivity contribution is 7.82. The Bertz CT molecular complexity index is 359. The van der Waals surface area contributed by atoms with Crippen LogP contribution in [0.25, 0.3) is 6.08 Å². The molecule has 0 spiro atoms. The molecule has 3 heteroatoms. The largest absolute Gasteiger partial charge is 0.298 e. The van der Waals surface area contributed by atoms with Crippen molar-refractivity contribution in [3.63, 3.8) is 0 Å². The van der Waals surface area contributed by atoms with Crippen LogP contribution < -0.4 is 0 Å². The zero-order chi connectivity index (χ0) is 8.55. The SMILES string of the molecule is CN1C=Cc2ccccc2S1=O. The highest BCUT2D eigenvalue weighted by Crippen LogP contribution is 2.21. The van der Waals surface area contributed by atoms with Crippen LogP contribution in [0.3, 0.4) is 0 Å². The molecule has 0 saturated heterocycles. The van der Waals surface area contributed by atoms with Crippen molar-refractivity contribution in [3.8, 4) is 0 Å². The van der Waals surface area contributed by atoms with Gasteiger partial charge in [0.2, 0.25) is 0 Å². The summed E-state index contributed by atoms with van der Waals surface area (Å²) in [6.45, 7) is 0. The summed E-state index contributed by atoms with van der Waals surface area (Å²) in [4.78, 5) is 0.891. The summed E-state index contributed by atoms with van der Waals surface area (Å²) < 4.78 is 13.3. The van der Waals surface area contributed by atoms with Gasteiger partial charge in [-0.1, -0.05) is 18.2 Å². The lowest BCUT2D eigenvalue weighted by atomic mass is 10.2. The van der Waals surface area contributed by atoms with E-state index in [9.17, 15) is 4.21 Å². The molecule has 1 aromatic carbocycles. The average Bonchev–Trinajstić information content (AvgIpc) is 2.12. The maximum absolute atomic E-state index is 11.6. The summed E-state index contributed by atoms with van der Waals surface area (Å²) in [6, 6.07) is 7.72. The molecule has 1 heterocycles. The van der Waals surface area contributed by atoms with Crippen LogP contribution in [0.1, 0.15) is 5.56 Å². The minimum Gasteiger partial charge on any atom is -0.298 e. The molecule has 0 aromatic heterocycles. The lowest BCUT2D eigenvalue weighted by Gasteiger charge is -2.18. The highest BCUT2D eigenvalue weighted by Gasteiger charge is 2.14. The monoisotopic (exact) mass is 179 g/mol. The zero-order valence-corrected chi connectivity index (χ0v) is 7.54. The van der Waals surface area contributed by atoms with E-state index >= 15 is 0 Å². The molecule has 1 aromatic rings. The molecular weight excluding hydrogens is 170 g/mol. The third-order valence-electron chi connectivity index (χ3n) is 1.83. The third-order valence-corrected chi connectivity index (χ3v) is 3.23. The van der Waals surface area contributed by atoms with Gasteiger partial charge in [-0.05, 0) is 17.7 Å². The maximum atomic E-state index is 11.6. The number of nitrogens with zero attached hydrogens (tertiary/aromatic N) is 1. The molecule has 0 fully saturated rings. The Morgan fingerprint density at radius 2 is 2.08 bits per heavy atom. The molecule has 2 rings (SSSR count). The van der Waals surface area contributed by atoms with Crippen LogP contribution >= 0.6 is 0 Å². The standard InChI is InChI=1S/C9H9NOS/c1-10-7-6-8-4-2-3-5-9(8)12(10)11/h2-7H,1H3. The van der Waals surface area contributed by atoms with Gasteiger partial charge in [0.15, 0.2) is 11.0 Å². The van der Waals surface area contributed by atoms with Crippen molar-refractivity contribution in [1.29, 1.82) is 0 Å². The van der Waals surface area contributed by atoms with Gasteiger partial charge in [0, 0.05) is 13.2 Å². The molecule has 0 radical (unpaired) electrons. The first-order valence-electron chi connectivity index (χ1n) is 3.71. The molecule has 0 amide bonds. The van der Waals surface area contributed by atoms with Gasteiger partial charge in [-0.25, -0.2) is 4.21 Å². The van der Waals surface area contributed by atoms with Crippen LogP contribution in [0.2, 0.25) is 0 Å². The molecule has 1 unspecified atom stereocenters. The van der Waals surface area contributed by atoms with Crippen molar-refractivity contribution in [2.24, 2.45) is 0 Å². The van der Waals surface area contributed by atoms with Crippen LogP contribution in [-0.2, 0) is 11.0 Å². The van der Waals surface area contributed by atoms with E-state index in [1.807, 2.05) is 43.6 Å². The molecule has 2 nitrogen and oxygen atoms in total. The molecule has 12 heavy (non-hydrogen) atoms. The Balaban J connectivity index is 2.59. The minimum atomic E-state index is -1.01. The van der Waals surface area contributed by atoms with E-state index in [-0.39, 0.29) is 0 Å². The summed E-state index contributed by atoms with van der Waals surface area (Å²) in [6.07, 6.45) is 3.80. The topological polar surface area (TPSA) is 20.3 Å². The van der Waals surface area contributed by atoms with Gasteiger partial charge in [-0.2, -0.15) is 0 Å². The number of benzene rings is 1. The van der Waals surface area contributed by atoms with E-state index in [1.165, 1.54) is 0 Å². The van der Waals surface area contributed by atoms with Crippen molar-refractivity contribution in [3.05, 3.63) is 36.0 Å². The molecule has 0 bridgehead atoms. The fraction of sp³-hybridized carbons (Fsp3) is 0.111. The van der Waals surface area contributed by atoms with Crippen molar-refractivity contribution in [2.75, 3.05) is 7.05 Å². The molecular formula is C9H9NOS. The maximum Gasteiger partial charge on any atom is 0.152 e. The van der Waals surface area contributed by atoms with Gasteiger partial charge in [0.05, 0.1) is 4.90 Å². The average molecular weight is 179 g/mol. The molecule has 62 valence electrons. The normalized spacial score (nSPS) is 20.8. The van der Waals surface area contributed by atoms with Crippen molar-refractivity contribution >= 4 is 17.1 Å². The van der Waals surface area contributed by atoms with E-state index in [0.29, 0.717) is 0 Å². The van der Waals surface area contributed by atoms with Crippen molar-refractivity contribution in [2.45, 2.75) is 4.90 Å². The van der Waals surface area contributed by atoms with Crippen LogP contribution in [0.4, 0.5) is 0 Å². The molecule has 1 aliphatic heterocycles. The Morgan fingerprint density at radius 1 is 1.33 bits per heavy atom. The van der Waals surface area contributed by atoms with Crippen molar-refractivity contribution < 1.29 is 4.21 Å². The van der Waals surface area contributed by atoms with E-state index < -0.39 is 11.0 Å². The second kappa shape index (κ2) is 2.75. The number of fused-ring (bicyclic) bond motifs is 1. The number of hydrogen-bond donors (Lipinski definition) is 0. The second-order valence-corrected chi connectivity index (χ2v) is 4.16. The highest BCUT2D eigenvalue weighted by atomic mass is 32.2. The lowest BCUT2D eigenvalue weighted by Crippen LogP contribution is -2.18. The van der Waals surface area contributed by atoms with E-state index in [0.717, 1.165) is 10.5 Å².